The lowest BCUT2D eigenvalue weighted by Crippen LogP contribution is -2.03. The van der Waals surface area contributed by atoms with Gasteiger partial charge in [-0.2, -0.15) is 0 Å². The van der Waals surface area contributed by atoms with Gasteiger partial charge in [-0.3, -0.25) is 0 Å². The zero-order chi connectivity index (χ0) is 10.6. The third kappa shape index (κ3) is 2.16. The third-order valence-electron chi connectivity index (χ3n) is 1.99. The van der Waals surface area contributed by atoms with Gasteiger partial charge in [-0.15, -0.1) is 12.3 Å². The van der Waals surface area contributed by atoms with E-state index in [1.165, 1.54) is 0 Å². The van der Waals surface area contributed by atoms with Crippen molar-refractivity contribution in [1.82, 2.24) is 0 Å². The molecule has 0 unspecified atom stereocenters. The molecule has 0 aliphatic carbocycles. The maximum atomic E-state index is 11.1. The largest absolute Gasteiger partial charge is 0.872 e. The Morgan fingerprint density at radius 3 is 2.29 bits per heavy atom. The van der Waals surface area contributed by atoms with Crippen molar-refractivity contribution in [3.63, 3.8) is 0 Å². The van der Waals surface area contributed by atoms with E-state index >= 15 is 0 Å². The molecule has 1 aromatic carbocycles. The molecule has 0 spiro atoms. The molecule has 1 aromatic rings. The second-order valence-electron chi connectivity index (χ2n) is 2.85. The van der Waals surface area contributed by atoms with Gasteiger partial charge in [0.05, 0.1) is 7.11 Å². The summed E-state index contributed by atoms with van der Waals surface area (Å²) >= 11 is 0. The second kappa shape index (κ2) is 4.51. The average Bonchev–Trinajstić information content (AvgIpc) is 2.19. The van der Waals surface area contributed by atoms with Crippen molar-refractivity contribution in [2.75, 3.05) is 7.11 Å². The Labute approximate surface area is 84.1 Å². The molecule has 0 amide bonds. The van der Waals surface area contributed by atoms with Crippen LogP contribution in [0, 0.1) is 0 Å². The van der Waals surface area contributed by atoms with Crippen molar-refractivity contribution in [3.05, 3.63) is 48.2 Å². The summed E-state index contributed by atoms with van der Waals surface area (Å²) in [7, 11) is 1.61. The van der Waals surface area contributed by atoms with Gasteiger partial charge in [-0.05, 0) is 30.2 Å². The predicted octanol–water partition coefficient (Wildman–Crippen LogP) is 1.97. The highest BCUT2D eigenvalue weighted by Gasteiger charge is 1.98. The summed E-state index contributed by atoms with van der Waals surface area (Å²) in [6.45, 7) is 5.21. The first-order chi connectivity index (χ1) is 6.69. The highest BCUT2D eigenvalue weighted by molar-refractivity contribution is 5.75. The first kappa shape index (κ1) is 10.4. The van der Waals surface area contributed by atoms with Gasteiger partial charge >= 0.3 is 0 Å². The van der Waals surface area contributed by atoms with Crippen LogP contribution in [-0.4, -0.2) is 7.11 Å². The number of allylic oxidation sites excluding steroid dienone is 2. The predicted molar refractivity (Wildman–Crippen MR) is 55.8 cm³/mol. The van der Waals surface area contributed by atoms with Crippen LogP contribution >= 0.6 is 0 Å². The molecule has 0 saturated carbocycles. The maximum Gasteiger partial charge on any atom is 0.118 e. The molecule has 1 rings (SSSR count). The Hall–Kier alpha value is -1.70. The minimum Gasteiger partial charge on any atom is -0.872 e. The van der Waals surface area contributed by atoms with Crippen LogP contribution in [0.15, 0.2) is 42.7 Å². The van der Waals surface area contributed by atoms with E-state index in [0.717, 1.165) is 11.3 Å². The number of hydrogen-bond donors (Lipinski definition) is 0. The molecule has 0 radical (unpaired) electrons. The van der Waals surface area contributed by atoms with Gasteiger partial charge in [0.2, 0.25) is 0 Å². The lowest BCUT2D eigenvalue weighted by Gasteiger charge is -2.14. The van der Waals surface area contributed by atoms with Crippen LogP contribution in [-0.2, 0) is 0 Å². The van der Waals surface area contributed by atoms with E-state index in [-0.39, 0.29) is 5.76 Å². The Morgan fingerprint density at radius 2 is 1.93 bits per heavy atom. The normalized spacial score (nSPS) is 11.1. The first-order valence-corrected chi connectivity index (χ1v) is 4.36. The minimum absolute atomic E-state index is 0.169. The zero-order valence-electron chi connectivity index (χ0n) is 8.41. The Balaban J connectivity index is 3.02. The van der Waals surface area contributed by atoms with E-state index in [1.54, 1.807) is 13.2 Å². The lowest BCUT2D eigenvalue weighted by atomic mass is 10.0. The van der Waals surface area contributed by atoms with Crippen LogP contribution in [0.2, 0.25) is 0 Å². The van der Waals surface area contributed by atoms with E-state index < -0.39 is 0 Å². The fraction of sp³-hybridized carbons (Fsp3) is 0.167. The Morgan fingerprint density at radius 1 is 1.36 bits per heavy atom. The molecule has 14 heavy (non-hydrogen) atoms. The van der Waals surface area contributed by atoms with E-state index in [0.29, 0.717) is 5.57 Å². The summed E-state index contributed by atoms with van der Waals surface area (Å²) in [5, 5.41) is 11.1. The van der Waals surface area contributed by atoms with Crippen LogP contribution in [0.5, 0.6) is 5.75 Å². The van der Waals surface area contributed by atoms with Gasteiger partial charge in [0, 0.05) is 0 Å². The van der Waals surface area contributed by atoms with E-state index in [9.17, 15) is 5.11 Å². The fourth-order valence-corrected chi connectivity index (χ4v) is 1.26. The van der Waals surface area contributed by atoms with Gasteiger partial charge < -0.3 is 9.84 Å². The lowest BCUT2D eigenvalue weighted by molar-refractivity contribution is -0.291. The summed E-state index contributed by atoms with van der Waals surface area (Å²) in [4.78, 5) is 0. The summed E-state index contributed by atoms with van der Waals surface area (Å²) in [5.41, 5.74) is 1.50. The second-order valence-corrected chi connectivity index (χ2v) is 2.85. The van der Waals surface area contributed by atoms with Crippen LogP contribution in [0.3, 0.4) is 0 Å². The molecule has 0 fully saturated rings. The van der Waals surface area contributed by atoms with Crippen molar-refractivity contribution in [1.29, 1.82) is 0 Å². The summed E-state index contributed by atoms with van der Waals surface area (Å²) in [6.07, 6.45) is 1.76. The average molecular weight is 189 g/mol. The third-order valence-corrected chi connectivity index (χ3v) is 1.99. The van der Waals surface area contributed by atoms with E-state index in [2.05, 4.69) is 6.58 Å². The highest BCUT2D eigenvalue weighted by Crippen LogP contribution is 2.21. The first-order valence-electron chi connectivity index (χ1n) is 4.36. The number of hydrogen-bond acceptors (Lipinski definition) is 2. The van der Waals surface area contributed by atoms with Gasteiger partial charge in [-0.1, -0.05) is 18.2 Å². The van der Waals surface area contributed by atoms with Gasteiger partial charge in [0.15, 0.2) is 0 Å². The van der Waals surface area contributed by atoms with E-state index in [4.69, 9.17) is 4.74 Å². The van der Waals surface area contributed by atoms with Crippen molar-refractivity contribution < 1.29 is 9.84 Å². The maximum absolute atomic E-state index is 11.1. The summed E-state index contributed by atoms with van der Waals surface area (Å²) < 4.78 is 5.02. The molecule has 0 aliphatic heterocycles. The van der Waals surface area contributed by atoms with Crippen molar-refractivity contribution in [2.24, 2.45) is 0 Å². The highest BCUT2D eigenvalue weighted by atomic mass is 16.5. The molecule has 0 atom stereocenters. The standard InChI is InChI=1S/C12H14O2/c1-4-12(9(2)13)10-5-7-11(14-3)8-6-10/h4-8,13H,2H2,1,3H3/p-1. The fourth-order valence-electron chi connectivity index (χ4n) is 1.26. The molecule has 2 nitrogen and oxygen atoms in total. The molecule has 0 N–H and O–H groups in total. The Bertz CT molecular complexity index is 347. The molecular formula is C12H13O2-. The van der Waals surface area contributed by atoms with Crippen LogP contribution < -0.4 is 9.84 Å². The molecule has 0 aromatic heterocycles. The topological polar surface area (TPSA) is 32.3 Å². The molecule has 0 saturated heterocycles. The van der Waals surface area contributed by atoms with Crippen LogP contribution in [0.25, 0.3) is 5.57 Å². The zero-order valence-corrected chi connectivity index (χ0v) is 8.41. The molecule has 74 valence electrons. The smallest absolute Gasteiger partial charge is 0.118 e. The number of ether oxygens (including phenoxy) is 1. The quantitative estimate of drug-likeness (QED) is 0.538. The van der Waals surface area contributed by atoms with Gasteiger partial charge in [0.1, 0.15) is 5.75 Å². The minimum atomic E-state index is -0.169. The van der Waals surface area contributed by atoms with Crippen LogP contribution in [0.1, 0.15) is 12.5 Å². The molecular weight excluding hydrogens is 176 g/mol. The number of methoxy groups -OCH3 is 1. The Kier molecular flexibility index (Phi) is 3.35. The van der Waals surface area contributed by atoms with Crippen LogP contribution in [0.4, 0.5) is 0 Å². The number of benzene rings is 1. The molecule has 2 heteroatoms. The summed E-state index contributed by atoms with van der Waals surface area (Å²) in [5.74, 6) is 0.610. The number of rotatable bonds is 3. The summed E-state index contributed by atoms with van der Waals surface area (Å²) in [6, 6.07) is 7.33. The van der Waals surface area contributed by atoms with Crippen molar-refractivity contribution in [3.8, 4) is 5.75 Å². The molecule has 0 heterocycles. The van der Waals surface area contributed by atoms with E-state index in [1.807, 2.05) is 31.2 Å². The van der Waals surface area contributed by atoms with Crippen molar-refractivity contribution in [2.45, 2.75) is 6.92 Å². The monoisotopic (exact) mass is 189 g/mol. The van der Waals surface area contributed by atoms with Crippen molar-refractivity contribution >= 4 is 5.57 Å². The van der Waals surface area contributed by atoms with Gasteiger partial charge in [-0.25, -0.2) is 0 Å². The SMILES string of the molecule is C=C([O-])C(=CC)c1ccc(OC)cc1. The molecule has 0 bridgehead atoms. The van der Waals surface area contributed by atoms with Gasteiger partial charge in [0.25, 0.3) is 0 Å². The molecule has 0 aliphatic rings.